The molecule has 2 N–H and O–H groups in total. The lowest BCUT2D eigenvalue weighted by molar-refractivity contribution is -0.122. The zero-order valence-electron chi connectivity index (χ0n) is 11.7. The van der Waals surface area contributed by atoms with E-state index >= 15 is 0 Å². The molecule has 0 heterocycles. The number of para-hydroxylation sites is 1. The Morgan fingerprint density at radius 3 is 2.95 bits per heavy atom. The van der Waals surface area contributed by atoms with E-state index in [-0.39, 0.29) is 18.6 Å². The Hall–Kier alpha value is -1.99. The SMILES string of the molecule is C#CCOc1ccccc1CNC(C)C(=O)NC1CC1. The summed E-state index contributed by atoms with van der Waals surface area (Å²) in [5.41, 5.74) is 0.994. The van der Waals surface area contributed by atoms with Crippen molar-refractivity contribution in [3.05, 3.63) is 29.8 Å². The zero-order chi connectivity index (χ0) is 14.4. The highest BCUT2D eigenvalue weighted by atomic mass is 16.5. The molecule has 1 fully saturated rings. The molecule has 20 heavy (non-hydrogen) atoms. The molecular weight excluding hydrogens is 252 g/mol. The first-order chi connectivity index (χ1) is 9.70. The molecule has 0 radical (unpaired) electrons. The molecule has 1 amide bonds. The summed E-state index contributed by atoms with van der Waals surface area (Å²) in [5.74, 6) is 3.26. The highest BCUT2D eigenvalue weighted by molar-refractivity contribution is 5.81. The summed E-state index contributed by atoms with van der Waals surface area (Å²) >= 11 is 0. The van der Waals surface area contributed by atoms with Gasteiger partial charge in [0, 0.05) is 18.2 Å². The monoisotopic (exact) mass is 272 g/mol. The highest BCUT2D eigenvalue weighted by Gasteiger charge is 2.25. The van der Waals surface area contributed by atoms with Crippen LogP contribution in [0.5, 0.6) is 5.75 Å². The standard InChI is InChI=1S/C16H20N2O2/c1-3-10-20-15-7-5-4-6-13(15)11-17-12(2)16(19)18-14-8-9-14/h1,4-7,12,14,17H,8-11H2,2H3,(H,18,19). The number of benzene rings is 1. The van der Waals surface area contributed by atoms with Gasteiger partial charge in [-0.3, -0.25) is 4.79 Å². The van der Waals surface area contributed by atoms with E-state index in [1.807, 2.05) is 31.2 Å². The first-order valence-electron chi connectivity index (χ1n) is 6.88. The third kappa shape index (κ3) is 4.29. The first kappa shape index (κ1) is 14.4. The van der Waals surface area contributed by atoms with Crippen LogP contribution in [0.4, 0.5) is 0 Å². The Morgan fingerprint density at radius 2 is 2.25 bits per heavy atom. The van der Waals surface area contributed by atoms with Crippen molar-refractivity contribution in [2.45, 2.75) is 38.4 Å². The molecule has 0 spiro atoms. The normalized spacial score (nSPS) is 15.2. The number of carbonyl (C=O) groups is 1. The molecule has 106 valence electrons. The second kappa shape index (κ2) is 6.97. The maximum atomic E-state index is 11.8. The zero-order valence-corrected chi connectivity index (χ0v) is 11.7. The summed E-state index contributed by atoms with van der Waals surface area (Å²) in [6.45, 7) is 2.68. The van der Waals surface area contributed by atoms with Gasteiger partial charge in [-0.05, 0) is 25.8 Å². The second-order valence-corrected chi connectivity index (χ2v) is 4.99. The molecule has 0 aromatic heterocycles. The lowest BCUT2D eigenvalue weighted by Crippen LogP contribution is -2.42. The van der Waals surface area contributed by atoms with E-state index < -0.39 is 0 Å². The van der Waals surface area contributed by atoms with E-state index in [2.05, 4.69) is 16.6 Å². The minimum absolute atomic E-state index is 0.0505. The number of ether oxygens (including phenoxy) is 1. The van der Waals surface area contributed by atoms with Crippen LogP contribution in [0, 0.1) is 12.3 Å². The molecule has 1 aliphatic carbocycles. The Morgan fingerprint density at radius 1 is 1.50 bits per heavy atom. The van der Waals surface area contributed by atoms with Crippen LogP contribution in [-0.2, 0) is 11.3 Å². The smallest absolute Gasteiger partial charge is 0.237 e. The van der Waals surface area contributed by atoms with Crippen LogP contribution in [0.3, 0.4) is 0 Å². The van der Waals surface area contributed by atoms with Crippen molar-refractivity contribution in [3.8, 4) is 18.1 Å². The number of rotatable bonds is 7. The lowest BCUT2D eigenvalue weighted by Gasteiger charge is -2.15. The number of amides is 1. The summed E-state index contributed by atoms with van der Waals surface area (Å²) in [4.78, 5) is 11.8. The molecule has 1 saturated carbocycles. The largest absolute Gasteiger partial charge is 0.481 e. The second-order valence-electron chi connectivity index (χ2n) is 4.99. The van der Waals surface area contributed by atoms with Crippen LogP contribution < -0.4 is 15.4 Å². The van der Waals surface area contributed by atoms with Crippen LogP contribution in [0.1, 0.15) is 25.3 Å². The Bertz CT molecular complexity index is 503. The fourth-order valence-electron chi connectivity index (χ4n) is 1.82. The van der Waals surface area contributed by atoms with Gasteiger partial charge in [0.2, 0.25) is 5.91 Å². The van der Waals surface area contributed by atoms with Crippen molar-refractivity contribution in [3.63, 3.8) is 0 Å². The van der Waals surface area contributed by atoms with Crippen LogP contribution in [0.25, 0.3) is 0 Å². The van der Waals surface area contributed by atoms with Gasteiger partial charge in [-0.2, -0.15) is 0 Å². The number of hydrogen-bond donors (Lipinski definition) is 2. The summed E-state index contributed by atoms with van der Waals surface area (Å²) in [5, 5.41) is 6.18. The van der Waals surface area contributed by atoms with Gasteiger partial charge in [0.05, 0.1) is 6.04 Å². The molecule has 1 unspecified atom stereocenters. The van der Waals surface area contributed by atoms with E-state index in [9.17, 15) is 4.79 Å². The van der Waals surface area contributed by atoms with E-state index in [1.165, 1.54) is 0 Å². The predicted molar refractivity (Wildman–Crippen MR) is 78.2 cm³/mol. The fourth-order valence-corrected chi connectivity index (χ4v) is 1.82. The molecule has 1 aromatic carbocycles. The van der Waals surface area contributed by atoms with Crippen molar-refractivity contribution in [2.75, 3.05) is 6.61 Å². The molecule has 2 rings (SSSR count). The van der Waals surface area contributed by atoms with Crippen LogP contribution in [0.2, 0.25) is 0 Å². The van der Waals surface area contributed by atoms with Crippen LogP contribution >= 0.6 is 0 Å². The average Bonchev–Trinajstić information content (AvgIpc) is 3.27. The maximum absolute atomic E-state index is 11.8. The summed E-state index contributed by atoms with van der Waals surface area (Å²) in [6, 6.07) is 7.84. The van der Waals surface area contributed by atoms with Gasteiger partial charge in [-0.1, -0.05) is 24.1 Å². The van der Waals surface area contributed by atoms with Crippen molar-refractivity contribution < 1.29 is 9.53 Å². The summed E-state index contributed by atoms with van der Waals surface area (Å²) in [6.07, 6.45) is 7.39. The van der Waals surface area contributed by atoms with E-state index in [0.717, 1.165) is 24.2 Å². The maximum Gasteiger partial charge on any atom is 0.237 e. The molecule has 4 nitrogen and oxygen atoms in total. The Balaban J connectivity index is 1.86. The van der Waals surface area contributed by atoms with E-state index in [4.69, 9.17) is 11.2 Å². The minimum atomic E-state index is -0.226. The molecule has 0 aliphatic heterocycles. The number of hydrogen-bond acceptors (Lipinski definition) is 3. The van der Waals surface area contributed by atoms with E-state index in [1.54, 1.807) is 0 Å². The molecule has 0 saturated heterocycles. The number of nitrogens with one attached hydrogen (secondary N) is 2. The van der Waals surface area contributed by atoms with Crippen LogP contribution in [0.15, 0.2) is 24.3 Å². The third-order valence-corrected chi connectivity index (χ3v) is 3.20. The summed E-state index contributed by atoms with van der Waals surface area (Å²) in [7, 11) is 0. The number of carbonyl (C=O) groups excluding carboxylic acids is 1. The first-order valence-corrected chi connectivity index (χ1v) is 6.88. The molecule has 1 atom stereocenters. The van der Waals surface area contributed by atoms with Crippen molar-refractivity contribution >= 4 is 5.91 Å². The van der Waals surface area contributed by atoms with Gasteiger partial charge in [0.25, 0.3) is 0 Å². The van der Waals surface area contributed by atoms with Crippen molar-refractivity contribution in [1.29, 1.82) is 0 Å². The fraction of sp³-hybridized carbons (Fsp3) is 0.438. The molecule has 4 heteroatoms. The Labute approximate surface area is 119 Å². The van der Waals surface area contributed by atoms with Gasteiger partial charge in [-0.25, -0.2) is 0 Å². The molecule has 1 aliphatic rings. The Kier molecular flexibility index (Phi) is 5.03. The van der Waals surface area contributed by atoms with Gasteiger partial charge in [0.15, 0.2) is 0 Å². The van der Waals surface area contributed by atoms with Gasteiger partial charge in [-0.15, -0.1) is 6.42 Å². The van der Waals surface area contributed by atoms with Crippen LogP contribution in [-0.4, -0.2) is 24.6 Å². The quantitative estimate of drug-likeness (QED) is 0.739. The van der Waals surface area contributed by atoms with E-state index in [0.29, 0.717) is 12.6 Å². The van der Waals surface area contributed by atoms with Gasteiger partial charge >= 0.3 is 0 Å². The minimum Gasteiger partial charge on any atom is -0.481 e. The topological polar surface area (TPSA) is 50.4 Å². The molecule has 1 aromatic rings. The average molecular weight is 272 g/mol. The van der Waals surface area contributed by atoms with Gasteiger partial charge < -0.3 is 15.4 Å². The highest BCUT2D eigenvalue weighted by Crippen LogP contribution is 2.19. The van der Waals surface area contributed by atoms with Crippen molar-refractivity contribution in [2.24, 2.45) is 0 Å². The summed E-state index contributed by atoms with van der Waals surface area (Å²) < 4.78 is 5.48. The third-order valence-electron chi connectivity index (χ3n) is 3.20. The molecule has 0 bridgehead atoms. The predicted octanol–water partition coefficient (Wildman–Crippen LogP) is 1.46. The van der Waals surface area contributed by atoms with Gasteiger partial charge in [0.1, 0.15) is 12.4 Å². The molecular formula is C16H20N2O2. The lowest BCUT2D eigenvalue weighted by atomic mass is 10.2. The number of terminal acetylenes is 1. The van der Waals surface area contributed by atoms with Crippen molar-refractivity contribution in [1.82, 2.24) is 10.6 Å².